The van der Waals surface area contributed by atoms with Crippen LogP contribution in [0.25, 0.3) is 0 Å². The molecule has 1 aliphatic rings. The normalized spacial score (nSPS) is 19.0. The summed E-state index contributed by atoms with van der Waals surface area (Å²) in [7, 11) is 0. The lowest BCUT2D eigenvalue weighted by atomic mass is 10.0. The molecule has 0 aromatic carbocycles. The minimum Gasteiger partial charge on any atom is -0.444 e. The van der Waals surface area contributed by atoms with E-state index in [4.69, 9.17) is 4.74 Å². The highest BCUT2D eigenvalue weighted by Crippen LogP contribution is 2.29. The minimum atomic E-state index is -4.48. The monoisotopic (exact) mass is 377 g/mol. The molecule has 0 aliphatic carbocycles. The second-order valence-corrected chi connectivity index (χ2v) is 7.95. The van der Waals surface area contributed by atoms with Crippen molar-refractivity contribution >= 4 is 17.9 Å². The van der Waals surface area contributed by atoms with Gasteiger partial charge in [-0.05, 0) is 45.6 Å². The number of nitrogens with zero attached hydrogens (tertiary/aromatic N) is 3. The second-order valence-electron chi connectivity index (χ2n) is 6.97. The average Bonchev–Trinajstić information content (AvgIpc) is 2.51. The van der Waals surface area contributed by atoms with Gasteiger partial charge < -0.3 is 9.64 Å². The largest absolute Gasteiger partial charge is 0.444 e. The van der Waals surface area contributed by atoms with E-state index in [0.29, 0.717) is 18.8 Å². The fraction of sp³-hybridized carbons (Fsp3) is 0.688. The molecule has 25 heavy (non-hydrogen) atoms. The van der Waals surface area contributed by atoms with Gasteiger partial charge in [-0.2, -0.15) is 13.2 Å². The molecule has 140 valence electrons. The predicted octanol–water partition coefficient (Wildman–Crippen LogP) is 4.23. The fourth-order valence-electron chi connectivity index (χ4n) is 2.45. The van der Waals surface area contributed by atoms with Crippen LogP contribution in [0.4, 0.5) is 18.0 Å². The van der Waals surface area contributed by atoms with Crippen molar-refractivity contribution in [2.45, 2.75) is 50.5 Å². The van der Waals surface area contributed by atoms with Crippen molar-refractivity contribution in [3.05, 3.63) is 18.0 Å². The molecule has 1 amide bonds. The summed E-state index contributed by atoms with van der Waals surface area (Å²) in [6, 6.07) is 0.856. The van der Waals surface area contributed by atoms with Crippen LogP contribution in [0.3, 0.4) is 0 Å². The SMILES string of the molecule is CC(C)(C)OC(=O)N1CCC[C@@H](CSc2nccc(C(F)(F)F)n2)C1. The standard InChI is InChI=1S/C16H22F3N3O2S/c1-15(2,3)24-14(23)22-8-4-5-11(9-22)10-25-13-20-7-6-12(21-13)16(17,18)19/h6-7,11H,4-5,8-10H2,1-3H3/t11-/m1/s1. The summed E-state index contributed by atoms with van der Waals surface area (Å²) in [4.78, 5) is 21.2. The van der Waals surface area contributed by atoms with Crippen LogP contribution in [0.5, 0.6) is 0 Å². The summed E-state index contributed by atoms with van der Waals surface area (Å²) >= 11 is 1.18. The Morgan fingerprint density at radius 1 is 1.40 bits per heavy atom. The fourth-order valence-corrected chi connectivity index (χ4v) is 3.41. The van der Waals surface area contributed by atoms with Crippen LogP contribution in [0, 0.1) is 5.92 Å². The molecule has 0 unspecified atom stereocenters. The molecule has 2 rings (SSSR count). The number of ether oxygens (including phenoxy) is 1. The van der Waals surface area contributed by atoms with Gasteiger partial charge in [0.25, 0.3) is 0 Å². The van der Waals surface area contributed by atoms with Crippen LogP contribution in [-0.4, -0.2) is 45.4 Å². The third-order valence-electron chi connectivity index (χ3n) is 3.54. The van der Waals surface area contributed by atoms with Crippen LogP contribution in [0.1, 0.15) is 39.3 Å². The summed E-state index contributed by atoms with van der Waals surface area (Å²) in [5.74, 6) is 0.727. The predicted molar refractivity (Wildman–Crippen MR) is 88.3 cm³/mol. The van der Waals surface area contributed by atoms with E-state index in [-0.39, 0.29) is 17.2 Å². The number of aromatic nitrogens is 2. The van der Waals surface area contributed by atoms with Crippen LogP contribution < -0.4 is 0 Å². The highest BCUT2D eigenvalue weighted by molar-refractivity contribution is 7.99. The van der Waals surface area contributed by atoms with Gasteiger partial charge in [-0.15, -0.1) is 0 Å². The van der Waals surface area contributed by atoms with Gasteiger partial charge in [0.15, 0.2) is 5.16 Å². The Morgan fingerprint density at radius 3 is 2.76 bits per heavy atom. The number of piperidine rings is 1. The first kappa shape index (κ1) is 19.8. The van der Waals surface area contributed by atoms with E-state index < -0.39 is 17.5 Å². The van der Waals surface area contributed by atoms with Gasteiger partial charge in [0.1, 0.15) is 11.3 Å². The highest BCUT2D eigenvalue weighted by atomic mass is 32.2. The summed E-state index contributed by atoms with van der Waals surface area (Å²) in [6.07, 6.45) is -1.96. The van der Waals surface area contributed by atoms with Crippen molar-refractivity contribution in [2.24, 2.45) is 5.92 Å². The molecule has 0 bridgehead atoms. The van der Waals surface area contributed by atoms with E-state index in [2.05, 4.69) is 9.97 Å². The van der Waals surface area contributed by atoms with Crippen molar-refractivity contribution < 1.29 is 22.7 Å². The number of likely N-dealkylation sites (tertiary alicyclic amines) is 1. The van der Waals surface area contributed by atoms with Crippen LogP contribution in [0.15, 0.2) is 17.4 Å². The third kappa shape index (κ3) is 6.37. The third-order valence-corrected chi connectivity index (χ3v) is 4.64. The van der Waals surface area contributed by atoms with E-state index in [1.165, 1.54) is 11.8 Å². The molecule has 0 saturated carbocycles. The molecular formula is C16H22F3N3O2S. The maximum atomic E-state index is 12.7. The first-order valence-electron chi connectivity index (χ1n) is 8.05. The molecule has 2 heterocycles. The molecule has 0 N–H and O–H groups in total. The number of rotatable bonds is 3. The molecule has 1 fully saturated rings. The van der Waals surface area contributed by atoms with E-state index in [1.54, 1.807) is 4.90 Å². The second kappa shape index (κ2) is 7.80. The summed E-state index contributed by atoms with van der Waals surface area (Å²) in [5.41, 5.74) is -1.49. The van der Waals surface area contributed by atoms with E-state index in [9.17, 15) is 18.0 Å². The Balaban J connectivity index is 1.90. The molecular weight excluding hydrogens is 355 g/mol. The van der Waals surface area contributed by atoms with E-state index in [1.807, 2.05) is 20.8 Å². The van der Waals surface area contributed by atoms with Gasteiger partial charge in [-0.1, -0.05) is 11.8 Å². The smallest absolute Gasteiger partial charge is 0.433 e. The van der Waals surface area contributed by atoms with Crippen LogP contribution >= 0.6 is 11.8 Å². The maximum Gasteiger partial charge on any atom is 0.433 e. The van der Waals surface area contributed by atoms with Gasteiger partial charge >= 0.3 is 12.3 Å². The van der Waals surface area contributed by atoms with Crippen molar-refractivity contribution in [2.75, 3.05) is 18.8 Å². The number of carbonyl (C=O) groups excluding carboxylic acids is 1. The number of carbonyl (C=O) groups is 1. The van der Waals surface area contributed by atoms with Crippen LogP contribution in [0.2, 0.25) is 0 Å². The van der Waals surface area contributed by atoms with Crippen LogP contribution in [-0.2, 0) is 10.9 Å². The summed E-state index contributed by atoms with van der Waals surface area (Å²) in [5, 5.41) is 0.101. The molecule has 1 aromatic heterocycles. The topological polar surface area (TPSA) is 55.3 Å². The number of alkyl halides is 3. The lowest BCUT2D eigenvalue weighted by Gasteiger charge is -2.33. The Bertz CT molecular complexity index is 605. The summed E-state index contributed by atoms with van der Waals surface area (Å²) in [6.45, 7) is 6.60. The van der Waals surface area contributed by atoms with Crippen molar-refractivity contribution in [3.8, 4) is 0 Å². The number of hydrogen-bond donors (Lipinski definition) is 0. The Labute approximate surface area is 149 Å². The zero-order chi connectivity index (χ0) is 18.7. The Kier molecular flexibility index (Phi) is 6.18. The number of halogens is 3. The van der Waals surface area contributed by atoms with Gasteiger partial charge in [0.05, 0.1) is 0 Å². The Morgan fingerprint density at radius 2 is 2.12 bits per heavy atom. The summed E-state index contributed by atoms with van der Waals surface area (Å²) < 4.78 is 43.4. The quantitative estimate of drug-likeness (QED) is 0.583. The van der Waals surface area contributed by atoms with Crippen molar-refractivity contribution in [3.63, 3.8) is 0 Å². The molecule has 5 nitrogen and oxygen atoms in total. The molecule has 1 saturated heterocycles. The first-order valence-corrected chi connectivity index (χ1v) is 9.04. The molecule has 9 heteroatoms. The first-order chi connectivity index (χ1) is 11.5. The maximum absolute atomic E-state index is 12.7. The van der Waals surface area contributed by atoms with Gasteiger partial charge in [-0.25, -0.2) is 14.8 Å². The van der Waals surface area contributed by atoms with Gasteiger partial charge in [0, 0.05) is 25.0 Å². The van der Waals surface area contributed by atoms with E-state index >= 15 is 0 Å². The van der Waals surface area contributed by atoms with Gasteiger partial charge in [0.2, 0.25) is 0 Å². The van der Waals surface area contributed by atoms with Crippen molar-refractivity contribution in [1.29, 1.82) is 0 Å². The molecule has 0 spiro atoms. The lowest BCUT2D eigenvalue weighted by Crippen LogP contribution is -2.43. The average molecular weight is 377 g/mol. The zero-order valence-electron chi connectivity index (χ0n) is 14.5. The Hall–Kier alpha value is -1.51. The lowest BCUT2D eigenvalue weighted by molar-refractivity contribution is -0.141. The molecule has 1 aliphatic heterocycles. The number of amides is 1. The molecule has 1 atom stereocenters. The number of hydrogen-bond acceptors (Lipinski definition) is 5. The zero-order valence-corrected chi connectivity index (χ0v) is 15.3. The highest BCUT2D eigenvalue weighted by Gasteiger charge is 2.33. The van der Waals surface area contributed by atoms with Crippen molar-refractivity contribution in [1.82, 2.24) is 14.9 Å². The van der Waals surface area contributed by atoms with Gasteiger partial charge in [-0.3, -0.25) is 0 Å². The minimum absolute atomic E-state index is 0.101. The van der Waals surface area contributed by atoms with E-state index in [0.717, 1.165) is 25.1 Å². The molecule has 1 aromatic rings. The number of thioether (sulfide) groups is 1. The molecule has 0 radical (unpaired) electrons.